The first-order chi connectivity index (χ1) is 10.3. The Bertz CT molecular complexity index is 764. The number of amides is 1. The van der Waals surface area contributed by atoms with Gasteiger partial charge >= 0.3 is 0 Å². The van der Waals surface area contributed by atoms with Crippen molar-refractivity contribution in [2.75, 3.05) is 11.9 Å². The zero-order valence-electron chi connectivity index (χ0n) is 11.5. The number of imidazole rings is 1. The van der Waals surface area contributed by atoms with Crippen LogP contribution in [0.5, 0.6) is 0 Å². The highest BCUT2D eigenvalue weighted by molar-refractivity contribution is 5.90. The lowest BCUT2D eigenvalue weighted by atomic mass is 10.2. The third-order valence-electron chi connectivity index (χ3n) is 3.18. The van der Waals surface area contributed by atoms with E-state index in [4.69, 9.17) is 5.73 Å². The fourth-order valence-corrected chi connectivity index (χ4v) is 2.17. The smallest absolute Gasteiger partial charge is 0.225 e. The highest BCUT2D eigenvalue weighted by atomic mass is 16.1. The van der Waals surface area contributed by atoms with Crippen LogP contribution in [0.25, 0.3) is 16.9 Å². The lowest BCUT2D eigenvalue weighted by Crippen LogP contribution is -2.16. The molecular weight excluding hydrogens is 264 g/mol. The highest BCUT2D eigenvalue weighted by Crippen LogP contribution is 2.20. The van der Waals surface area contributed by atoms with Crippen molar-refractivity contribution in [3.05, 3.63) is 54.9 Å². The minimum Gasteiger partial charge on any atom is -0.330 e. The number of rotatable bonds is 4. The number of fused-ring (bicyclic) bond motifs is 1. The fraction of sp³-hybridized carbons (Fsp3) is 0.125. The largest absolute Gasteiger partial charge is 0.330 e. The number of pyridine rings is 1. The molecule has 5 nitrogen and oxygen atoms in total. The number of benzene rings is 1. The molecular formula is C16H16N4O. The summed E-state index contributed by atoms with van der Waals surface area (Å²) < 4.78 is 1.90. The van der Waals surface area contributed by atoms with Crippen LogP contribution in [0.15, 0.2) is 54.9 Å². The molecule has 3 rings (SSSR count). The Kier molecular flexibility index (Phi) is 3.66. The predicted molar refractivity (Wildman–Crippen MR) is 82.9 cm³/mol. The van der Waals surface area contributed by atoms with Crippen LogP contribution in [0.1, 0.15) is 6.42 Å². The maximum absolute atomic E-state index is 11.6. The van der Waals surface area contributed by atoms with E-state index in [-0.39, 0.29) is 5.91 Å². The molecule has 0 aliphatic heterocycles. The van der Waals surface area contributed by atoms with E-state index in [1.165, 1.54) is 0 Å². The zero-order chi connectivity index (χ0) is 14.7. The number of nitrogens with zero attached hydrogens (tertiary/aromatic N) is 2. The number of carbonyl (C=O) groups is 1. The highest BCUT2D eigenvalue weighted by Gasteiger charge is 2.06. The van der Waals surface area contributed by atoms with Gasteiger partial charge in [-0.1, -0.05) is 30.3 Å². The molecule has 0 saturated heterocycles. The molecule has 1 amide bonds. The number of hydrogen-bond donors (Lipinski definition) is 2. The number of carbonyl (C=O) groups excluding carboxylic acids is 1. The summed E-state index contributed by atoms with van der Waals surface area (Å²) in [4.78, 5) is 16.1. The number of nitrogens with two attached hydrogens (primary N) is 1. The zero-order valence-corrected chi connectivity index (χ0v) is 11.5. The van der Waals surface area contributed by atoms with Crippen LogP contribution in [0.3, 0.4) is 0 Å². The first-order valence-electron chi connectivity index (χ1n) is 6.80. The SMILES string of the molecule is NCCC(=O)Nc1ccc2nc(-c3ccccc3)cn2c1. The first-order valence-corrected chi connectivity index (χ1v) is 6.80. The number of nitrogens with one attached hydrogen (secondary N) is 1. The minimum absolute atomic E-state index is 0.0831. The number of hydrogen-bond acceptors (Lipinski definition) is 3. The third kappa shape index (κ3) is 2.93. The molecule has 0 saturated carbocycles. The van der Waals surface area contributed by atoms with Crippen molar-refractivity contribution in [3.63, 3.8) is 0 Å². The molecule has 3 N–H and O–H groups in total. The average molecular weight is 280 g/mol. The topological polar surface area (TPSA) is 72.4 Å². The molecule has 0 radical (unpaired) electrons. The van der Waals surface area contributed by atoms with E-state index >= 15 is 0 Å². The molecule has 1 aromatic carbocycles. The van der Waals surface area contributed by atoms with Crippen molar-refractivity contribution in [2.45, 2.75) is 6.42 Å². The van der Waals surface area contributed by atoms with Gasteiger partial charge in [-0.05, 0) is 12.1 Å². The van der Waals surface area contributed by atoms with Gasteiger partial charge in [-0.25, -0.2) is 4.98 Å². The van der Waals surface area contributed by atoms with E-state index < -0.39 is 0 Å². The molecule has 0 atom stereocenters. The monoisotopic (exact) mass is 280 g/mol. The van der Waals surface area contributed by atoms with Crippen molar-refractivity contribution in [2.24, 2.45) is 5.73 Å². The second-order valence-corrected chi connectivity index (χ2v) is 4.76. The van der Waals surface area contributed by atoms with Gasteiger partial charge in [0.15, 0.2) is 0 Å². The molecule has 2 aromatic heterocycles. The lowest BCUT2D eigenvalue weighted by Gasteiger charge is -2.04. The van der Waals surface area contributed by atoms with Crippen molar-refractivity contribution in [1.82, 2.24) is 9.38 Å². The molecule has 106 valence electrons. The molecule has 3 aromatic rings. The van der Waals surface area contributed by atoms with Crippen LogP contribution in [-0.4, -0.2) is 21.8 Å². The molecule has 0 bridgehead atoms. The Labute approximate surface area is 122 Å². The normalized spacial score (nSPS) is 10.7. The van der Waals surface area contributed by atoms with Gasteiger partial charge in [-0.15, -0.1) is 0 Å². The minimum atomic E-state index is -0.0831. The average Bonchev–Trinajstić information content (AvgIpc) is 2.91. The van der Waals surface area contributed by atoms with Gasteiger partial charge in [-0.3, -0.25) is 4.79 Å². The van der Waals surface area contributed by atoms with Crippen LogP contribution < -0.4 is 11.1 Å². The predicted octanol–water partition coefficient (Wildman–Crippen LogP) is 2.29. The van der Waals surface area contributed by atoms with Gasteiger partial charge in [0, 0.05) is 30.9 Å². The number of anilines is 1. The maximum Gasteiger partial charge on any atom is 0.225 e. The van der Waals surface area contributed by atoms with Gasteiger partial charge in [0.05, 0.1) is 11.4 Å². The fourth-order valence-electron chi connectivity index (χ4n) is 2.17. The van der Waals surface area contributed by atoms with Crippen LogP contribution in [0.4, 0.5) is 5.69 Å². The Hall–Kier alpha value is -2.66. The summed E-state index contributed by atoms with van der Waals surface area (Å²) in [6.45, 7) is 0.345. The standard InChI is InChI=1S/C16H16N4O/c17-9-8-16(21)18-13-6-7-15-19-14(11-20(15)10-13)12-4-2-1-3-5-12/h1-7,10-11H,8-9,17H2,(H,18,21). The van der Waals surface area contributed by atoms with Crippen molar-refractivity contribution < 1.29 is 4.79 Å². The second kappa shape index (κ2) is 5.76. The second-order valence-electron chi connectivity index (χ2n) is 4.76. The van der Waals surface area contributed by atoms with E-state index in [0.29, 0.717) is 13.0 Å². The van der Waals surface area contributed by atoms with E-state index in [2.05, 4.69) is 10.3 Å². The van der Waals surface area contributed by atoms with Crippen molar-refractivity contribution in [1.29, 1.82) is 0 Å². The molecule has 21 heavy (non-hydrogen) atoms. The van der Waals surface area contributed by atoms with Crippen LogP contribution in [-0.2, 0) is 4.79 Å². The van der Waals surface area contributed by atoms with Gasteiger partial charge in [-0.2, -0.15) is 0 Å². The molecule has 0 aliphatic rings. The lowest BCUT2D eigenvalue weighted by molar-refractivity contribution is -0.116. The molecule has 0 spiro atoms. The molecule has 0 aliphatic carbocycles. The molecule has 0 fully saturated rings. The van der Waals surface area contributed by atoms with Crippen LogP contribution in [0.2, 0.25) is 0 Å². The summed E-state index contributed by atoms with van der Waals surface area (Å²) >= 11 is 0. The summed E-state index contributed by atoms with van der Waals surface area (Å²) in [7, 11) is 0. The van der Waals surface area contributed by atoms with E-state index in [1.54, 1.807) is 0 Å². The Morgan fingerprint density at radius 3 is 2.71 bits per heavy atom. The third-order valence-corrected chi connectivity index (χ3v) is 3.18. The molecule has 2 heterocycles. The summed E-state index contributed by atoms with van der Waals surface area (Å²) in [5, 5.41) is 2.82. The van der Waals surface area contributed by atoms with Crippen molar-refractivity contribution in [3.8, 4) is 11.3 Å². The maximum atomic E-state index is 11.6. The summed E-state index contributed by atoms with van der Waals surface area (Å²) in [6, 6.07) is 13.7. The quantitative estimate of drug-likeness (QED) is 0.770. The molecule has 0 unspecified atom stereocenters. The van der Waals surface area contributed by atoms with E-state index in [1.807, 2.05) is 59.3 Å². The summed E-state index contributed by atoms with van der Waals surface area (Å²) in [6.07, 6.45) is 4.11. The van der Waals surface area contributed by atoms with Gasteiger partial charge in [0.2, 0.25) is 5.91 Å². The van der Waals surface area contributed by atoms with Gasteiger partial charge in [0.25, 0.3) is 0 Å². The van der Waals surface area contributed by atoms with Gasteiger partial charge in [0.1, 0.15) is 5.65 Å². The summed E-state index contributed by atoms with van der Waals surface area (Å²) in [5.41, 5.74) is 8.91. The van der Waals surface area contributed by atoms with Gasteiger partial charge < -0.3 is 15.5 Å². The van der Waals surface area contributed by atoms with Crippen molar-refractivity contribution >= 4 is 17.2 Å². The Balaban J connectivity index is 1.90. The first kappa shape index (κ1) is 13.3. The summed E-state index contributed by atoms with van der Waals surface area (Å²) in [5.74, 6) is -0.0831. The number of aromatic nitrogens is 2. The molecule has 5 heteroatoms. The van der Waals surface area contributed by atoms with Crippen LogP contribution in [0, 0.1) is 0 Å². The van der Waals surface area contributed by atoms with E-state index in [0.717, 1.165) is 22.6 Å². The van der Waals surface area contributed by atoms with E-state index in [9.17, 15) is 4.79 Å². The van der Waals surface area contributed by atoms with Crippen LogP contribution >= 0.6 is 0 Å². The Morgan fingerprint density at radius 2 is 1.95 bits per heavy atom. The Morgan fingerprint density at radius 1 is 1.14 bits per heavy atom.